The van der Waals surface area contributed by atoms with Gasteiger partial charge >= 0.3 is 12.3 Å². The fourth-order valence-electron chi connectivity index (χ4n) is 5.30. The van der Waals surface area contributed by atoms with Gasteiger partial charge in [-0.15, -0.1) is 5.10 Å². The topological polar surface area (TPSA) is 171 Å². The van der Waals surface area contributed by atoms with Crippen LogP contribution in [0.5, 0.6) is 5.88 Å². The number of amides is 2. The number of carbonyl (C=O) groups excluding carboxylic acids is 1. The van der Waals surface area contributed by atoms with E-state index < -0.39 is 50.6 Å². The summed E-state index contributed by atoms with van der Waals surface area (Å²) in [6.45, 7) is 4.25. The van der Waals surface area contributed by atoms with E-state index in [4.69, 9.17) is 21.1 Å². The summed E-state index contributed by atoms with van der Waals surface area (Å²) in [5.41, 5.74) is -0.797. The minimum Gasteiger partial charge on any atom is -0.477 e. The fraction of sp³-hybridized carbons (Fsp3) is 0.519. The lowest BCUT2D eigenvalue weighted by Crippen LogP contribution is -2.41. The van der Waals surface area contributed by atoms with Crippen molar-refractivity contribution in [3.8, 4) is 11.7 Å². The number of ether oxygens (including phenoxy) is 2. The zero-order valence-corrected chi connectivity index (χ0v) is 26.2. The van der Waals surface area contributed by atoms with Gasteiger partial charge in [-0.05, 0) is 57.2 Å². The van der Waals surface area contributed by atoms with Crippen LogP contribution < -0.4 is 9.46 Å². The van der Waals surface area contributed by atoms with Crippen LogP contribution in [0.25, 0.3) is 5.82 Å². The maximum Gasteiger partial charge on any atom is 0.407 e. The molecule has 0 radical (unpaired) electrons. The zero-order chi connectivity index (χ0) is 33.4. The standard InChI is InChI=1S/C27H31ClF3N7O7S/c1-26(2)14-17(15-37(26)25(40)41)44-12-10-36-8-6-22(34-36)46(42,43)35-24(39)18-3-4-20(32-23(18)28)38-9-5-21(33-38)45-11-7-16-13-19(16)27(29,30)31/h3-6,8-9,16-17,19H,7,10-15H2,1-2H3,(H,35,39)(H,40,41). The number of hydrogen-bond acceptors (Lipinski definition) is 9. The maximum atomic E-state index is 12.8. The fourth-order valence-corrected chi connectivity index (χ4v) is 6.45. The summed E-state index contributed by atoms with van der Waals surface area (Å²) in [6, 6.07) is 5.33. The third-order valence-electron chi connectivity index (χ3n) is 7.83. The minimum atomic E-state index is -4.38. The molecule has 0 aromatic carbocycles. The van der Waals surface area contributed by atoms with Crippen LogP contribution in [0.3, 0.4) is 0 Å². The highest BCUT2D eigenvalue weighted by Crippen LogP contribution is 2.51. The molecule has 3 atom stereocenters. The van der Waals surface area contributed by atoms with Gasteiger partial charge in [0.25, 0.3) is 15.9 Å². The molecule has 1 aliphatic carbocycles. The number of rotatable bonds is 12. The molecule has 1 saturated carbocycles. The monoisotopic (exact) mass is 689 g/mol. The summed E-state index contributed by atoms with van der Waals surface area (Å²) in [4.78, 5) is 29.6. The van der Waals surface area contributed by atoms with Gasteiger partial charge in [0.2, 0.25) is 5.88 Å². The molecule has 1 saturated heterocycles. The molecule has 3 unspecified atom stereocenters. The van der Waals surface area contributed by atoms with E-state index in [1.807, 2.05) is 18.6 Å². The number of sulfonamides is 1. The number of pyridine rings is 1. The molecule has 2 amide bonds. The van der Waals surface area contributed by atoms with Crippen molar-refractivity contribution in [1.82, 2.24) is 34.2 Å². The molecule has 19 heteroatoms. The van der Waals surface area contributed by atoms with Gasteiger partial charge < -0.3 is 19.5 Å². The van der Waals surface area contributed by atoms with E-state index in [2.05, 4.69) is 15.2 Å². The molecule has 0 spiro atoms. The smallest absolute Gasteiger partial charge is 0.407 e. The molecule has 2 N–H and O–H groups in total. The van der Waals surface area contributed by atoms with Crippen molar-refractivity contribution in [2.45, 2.75) is 62.5 Å². The molecule has 250 valence electrons. The Hall–Kier alpha value is -3.90. The first-order chi connectivity index (χ1) is 21.5. The summed E-state index contributed by atoms with van der Waals surface area (Å²) in [5, 5.41) is 16.8. The number of halogens is 4. The molecule has 1 aliphatic heterocycles. The Balaban J connectivity index is 1.11. The first-order valence-electron chi connectivity index (χ1n) is 14.2. The summed E-state index contributed by atoms with van der Waals surface area (Å²) in [7, 11) is -4.38. The second kappa shape index (κ2) is 12.7. The van der Waals surface area contributed by atoms with Crippen LogP contribution in [0.1, 0.15) is 43.5 Å². The van der Waals surface area contributed by atoms with Gasteiger partial charge in [0.1, 0.15) is 5.15 Å². The van der Waals surface area contributed by atoms with Gasteiger partial charge in [0, 0.05) is 24.0 Å². The molecular formula is C27H31ClF3N7O7S. The maximum absolute atomic E-state index is 12.8. The van der Waals surface area contributed by atoms with E-state index in [0.29, 0.717) is 6.42 Å². The van der Waals surface area contributed by atoms with Crippen LogP contribution in [0.4, 0.5) is 18.0 Å². The lowest BCUT2D eigenvalue weighted by atomic mass is 10.0. The Labute approximate surface area is 266 Å². The van der Waals surface area contributed by atoms with Crippen LogP contribution >= 0.6 is 11.6 Å². The lowest BCUT2D eigenvalue weighted by Gasteiger charge is -2.27. The molecule has 4 heterocycles. The summed E-state index contributed by atoms with van der Waals surface area (Å²) in [6.07, 6.45) is -1.78. The molecule has 2 fully saturated rings. The predicted molar refractivity (Wildman–Crippen MR) is 154 cm³/mol. The van der Waals surface area contributed by atoms with Crippen molar-refractivity contribution >= 4 is 33.6 Å². The normalized spacial score (nSPS) is 20.9. The number of alkyl halides is 3. The van der Waals surface area contributed by atoms with Crippen molar-refractivity contribution < 1.29 is 45.8 Å². The summed E-state index contributed by atoms with van der Waals surface area (Å²) < 4.78 is 79.4. The van der Waals surface area contributed by atoms with Crippen LogP contribution in [0.15, 0.2) is 41.7 Å². The van der Waals surface area contributed by atoms with Gasteiger partial charge in [0.05, 0.1) is 43.9 Å². The summed E-state index contributed by atoms with van der Waals surface area (Å²) in [5.74, 6) is -2.44. The van der Waals surface area contributed by atoms with Crippen molar-refractivity contribution in [2.75, 3.05) is 19.8 Å². The Morgan fingerprint density at radius 3 is 2.57 bits per heavy atom. The van der Waals surface area contributed by atoms with Crippen molar-refractivity contribution in [2.24, 2.45) is 11.8 Å². The number of carboxylic acid groups (broad SMARTS) is 1. The highest BCUT2D eigenvalue weighted by atomic mass is 35.5. The number of aromatic nitrogens is 5. The Bertz CT molecular complexity index is 1710. The van der Waals surface area contributed by atoms with Crippen LogP contribution in [-0.4, -0.2) is 92.5 Å². The molecule has 3 aromatic heterocycles. The number of likely N-dealkylation sites (tertiary alicyclic amines) is 1. The SMILES string of the molecule is CC1(C)CC(OCCn2ccc(S(=O)(=O)NC(=O)c3ccc(-n4ccc(OCCC5CC5C(F)(F)F)n4)nc3Cl)n2)CN1C(=O)O. The van der Waals surface area contributed by atoms with Crippen LogP contribution in [0, 0.1) is 11.8 Å². The zero-order valence-electron chi connectivity index (χ0n) is 24.6. The van der Waals surface area contributed by atoms with Crippen molar-refractivity contribution in [1.29, 1.82) is 0 Å². The Kier molecular flexibility index (Phi) is 9.25. The number of nitrogens with one attached hydrogen (secondary N) is 1. The molecular weight excluding hydrogens is 659 g/mol. The van der Waals surface area contributed by atoms with E-state index in [9.17, 15) is 36.3 Å². The van der Waals surface area contributed by atoms with E-state index in [0.717, 1.165) is 0 Å². The van der Waals surface area contributed by atoms with E-state index >= 15 is 0 Å². The van der Waals surface area contributed by atoms with Gasteiger partial charge in [-0.25, -0.2) is 19.2 Å². The number of hydrogen-bond donors (Lipinski definition) is 2. The number of nitrogens with zero attached hydrogens (tertiary/aromatic N) is 6. The summed E-state index contributed by atoms with van der Waals surface area (Å²) >= 11 is 6.19. The number of carbonyl (C=O) groups is 2. The average molecular weight is 690 g/mol. The largest absolute Gasteiger partial charge is 0.477 e. The molecule has 14 nitrogen and oxygen atoms in total. The van der Waals surface area contributed by atoms with Crippen molar-refractivity contribution in [3.05, 3.63) is 47.4 Å². The molecule has 46 heavy (non-hydrogen) atoms. The van der Waals surface area contributed by atoms with Crippen LogP contribution in [-0.2, 0) is 21.3 Å². The Morgan fingerprint density at radius 2 is 1.91 bits per heavy atom. The van der Waals surface area contributed by atoms with Gasteiger partial charge in [0.15, 0.2) is 10.8 Å². The highest BCUT2D eigenvalue weighted by molar-refractivity contribution is 7.90. The van der Waals surface area contributed by atoms with E-state index in [-0.39, 0.29) is 67.7 Å². The third-order valence-corrected chi connectivity index (χ3v) is 9.34. The molecule has 3 aromatic rings. The predicted octanol–water partition coefficient (Wildman–Crippen LogP) is 3.75. The van der Waals surface area contributed by atoms with E-state index in [1.54, 1.807) is 0 Å². The third kappa shape index (κ3) is 7.72. The second-order valence-electron chi connectivity index (χ2n) is 11.6. The van der Waals surface area contributed by atoms with Crippen LogP contribution in [0.2, 0.25) is 5.15 Å². The average Bonchev–Trinajstić information content (AvgIpc) is 3.25. The van der Waals surface area contributed by atoms with Gasteiger partial charge in [-0.3, -0.25) is 9.48 Å². The first-order valence-corrected chi connectivity index (χ1v) is 16.0. The highest BCUT2D eigenvalue weighted by Gasteiger charge is 2.55. The molecule has 5 rings (SSSR count). The van der Waals surface area contributed by atoms with Gasteiger partial charge in [-0.1, -0.05) is 11.6 Å². The van der Waals surface area contributed by atoms with Gasteiger partial charge in [-0.2, -0.15) is 26.7 Å². The first kappa shape index (κ1) is 33.5. The molecule has 0 bridgehead atoms. The van der Waals surface area contributed by atoms with Crippen molar-refractivity contribution in [3.63, 3.8) is 0 Å². The lowest BCUT2D eigenvalue weighted by molar-refractivity contribution is -0.151. The minimum absolute atomic E-state index is 0.0639. The second-order valence-corrected chi connectivity index (χ2v) is 13.6. The quantitative estimate of drug-likeness (QED) is 0.267. The molecule has 2 aliphatic rings. The Morgan fingerprint density at radius 1 is 1.15 bits per heavy atom. The van der Waals surface area contributed by atoms with E-state index in [1.165, 1.54) is 50.9 Å².